The number of carbonyl (C=O) groups excluding carboxylic acids is 1. The Balaban J connectivity index is 2.14. The summed E-state index contributed by atoms with van der Waals surface area (Å²) >= 11 is 1.43. The lowest BCUT2D eigenvalue weighted by molar-refractivity contribution is 0.0954. The fourth-order valence-corrected chi connectivity index (χ4v) is 3.07. The van der Waals surface area contributed by atoms with Gasteiger partial charge in [0.25, 0.3) is 11.5 Å². The molecule has 0 unspecified atom stereocenters. The van der Waals surface area contributed by atoms with Crippen molar-refractivity contribution in [2.24, 2.45) is 0 Å². The quantitative estimate of drug-likeness (QED) is 0.909. The molecule has 0 aliphatic rings. The minimum Gasteiger partial charge on any atom is -0.347 e. The lowest BCUT2D eigenvalue weighted by Crippen LogP contribution is -2.27. The number of rotatable bonds is 4. The van der Waals surface area contributed by atoms with Gasteiger partial charge in [-0.1, -0.05) is 6.92 Å². The first-order valence-corrected chi connectivity index (χ1v) is 7.44. The lowest BCUT2D eigenvalue weighted by atomic mass is 10.1. The molecule has 2 aromatic heterocycles. The number of nitrogens with one attached hydrogen (secondary N) is 2. The van der Waals surface area contributed by atoms with Crippen molar-refractivity contribution in [2.45, 2.75) is 33.7 Å². The number of aryl methyl sites for hydroxylation is 3. The molecule has 0 aliphatic carbocycles. The van der Waals surface area contributed by atoms with Crippen molar-refractivity contribution in [1.82, 2.24) is 10.3 Å². The number of aromatic amines is 1. The molecule has 0 radical (unpaired) electrons. The monoisotopic (exact) mass is 290 g/mol. The van der Waals surface area contributed by atoms with Crippen LogP contribution in [-0.2, 0) is 13.0 Å². The summed E-state index contributed by atoms with van der Waals surface area (Å²) in [6, 6.07) is 3.87. The number of amides is 1. The maximum Gasteiger partial charge on any atom is 0.261 e. The Kier molecular flexibility index (Phi) is 4.39. The van der Waals surface area contributed by atoms with Gasteiger partial charge in [0.2, 0.25) is 0 Å². The summed E-state index contributed by atoms with van der Waals surface area (Å²) < 4.78 is 0. The maximum atomic E-state index is 12.1. The number of hydrogen-bond donors (Lipinski definition) is 2. The summed E-state index contributed by atoms with van der Waals surface area (Å²) in [5.74, 6) is -0.115. The van der Waals surface area contributed by atoms with Crippen LogP contribution in [0, 0.1) is 13.8 Å². The Labute approximate surface area is 121 Å². The number of thiophene rings is 1. The van der Waals surface area contributed by atoms with Crippen LogP contribution in [0.15, 0.2) is 22.3 Å². The molecule has 0 spiro atoms. The van der Waals surface area contributed by atoms with Gasteiger partial charge in [-0.2, -0.15) is 0 Å². The minimum atomic E-state index is -0.135. The van der Waals surface area contributed by atoms with E-state index < -0.39 is 0 Å². The zero-order valence-electron chi connectivity index (χ0n) is 11.9. The summed E-state index contributed by atoms with van der Waals surface area (Å²) in [6.45, 7) is 6.00. The highest BCUT2D eigenvalue weighted by Crippen LogP contribution is 2.17. The Morgan fingerprint density at radius 2 is 2.15 bits per heavy atom. The van der Waals surface area contributed by atoms with E-state index in [1.54, 1.807) is 0 Å². The van der Waals surface area contributed by atoms with Gasteiger partial charge in [0, 0.05) is 17.8 Å². The molecule has 0 saturated carbocycles. The third-order valence-corrected chi connectivity index (χ3v) is 4.21. The molecular weight excluding hydrogens is 272 g/mol. The van der Waals surface area contributed by atoms with Gasteiger partial charge in [0.1, 0.15) is 0 Å². The second-order valence-electron chi connectivity index (χ2n) is 4.75. The van der Waals surface area contributed by atoms with E-state index in [0.29, 0.717) is 5.56 Å². The van der Waals surface area contributed by atoms with Crippen LogP contribution < -0.4 is 10.9 Å². The first-order valence-electron chi connectivity index (χ1n) is 6.57. The SMILES string of the molecule is CCc1ccsc1C(=O)NCc1c(C)cc(C)[nH]c1=O. The van der Waals surface area contributed by atoms with E-state index in [9.17, 15) is 9.59 Å². The normalized spacial score (nSPS) is 10.6. The Morgan fingerprint density at radius 1 is 1.40 bits per heavy atom. The number of hydrogen-bond acceptors (Lipinski definition) is 3. The third kappa shape index (κ3) is 2.99. The van der Waals surface area contributed by atoms with Gasteiger partial charge in [0.05, 0.1) is 4.88 Å². The molecule has 2 aromatic rings. The van der Waals surface area contributed by atoms with Crippen molar-refractivity contribution in [3.8, 4) is 0 Å². The van der Waals surface area contributed by atoms with E-state index in [1.165, 1.54) is 11.3 Å². The zero-order chi connectivity index (χ0) is 14.7. The van der Waals surface area contributed by atoms with Crippen LogP contribution in [-0.4, -0.2) is 10.9 Å². The summed E-state index contributed by atoms with van der Waals surface area (Å²) in [5.41, 5.74) is 3.24. The molecule has 0 aromatic carbocycles. The van der Waals surface area contributed by atoms with E-state index in [2.05, 4.69) is 10.3 Å². The van der Waals surface area contributed by atoms with E-state index >= 15 is 0 Å². The summed E-state index contributed by atoms with van der Waals surface area (Å²) in [4.78, 5) is 27.5. The highest BCUT2D eigenvalue weighted by Gasteiger charge is 2.13. The fraction of sp³-hybridized carbons (Fsp3) is 0.333. The standard InChI is InChI=1S/C15H18N2O2S/c1-4-11-5-6-20-13(11)15(19)16-8-12-9(2)7-10(3)17-14(12)18/h5-7H,4,8H2,1-3H3,(H,16,19)(H,17,18). The Hall–Kier alpha value is -1.88. The average molecular weight is 290 g/mol. The predicted molar refractivity (Wildman–Crippen MR) is 81.4 cm³/mol. The Bertz CT molecular complexity index is 685. The van der Waals surface area contributed by atoms with Crippen molar-refractivity contribution < 1.29 is 4.79 Å². The number of aromatic nitrogens is 1. The first kappa shape index (κ1) is 14.5. The molecule has 2 rings (SSSR count). The highest BCUT2D eigenvalue weighted by molar-refractivity contribution is 7.12. The summed E-state index contributed by atoms with van der Waals surface area (Å²) in [6.07, 6.45) is 0.830. The molecule has 0 bridgehead atoms. The zero-order valence-corrected chi connectivity index (χ0v) is 12.7. The second-order valence-corrected chi connectivity index (χ2v) is 5.67. The van der Waals surface area contributed by atoms with Gasteiger partial charge >= 0.3 is 0 Å². The van der Waals surface area contributed by atoms with E-state index in [-0.39, 0.29) is 18.0 Å². The molecular formula is C15H18N2O2S. The largest absolute Gasteiger partial charge is 0.347 e. The van der Waals surface area contributed by atoms with Crippen molar-refractivity contribution in [3.05, 3.63) is 55.1 Å². The van der Waals surface area contributed by atoms with Crippen molar-refractivity contribution in [2.75, 3.05) is 0 Å². The molecule has 2 heterocycles. The number of pyridine rings is 1. The van der Waals surface area contributed by atoms with Gasteiger partial charge < -0.3 is 10.3 Å². The van der Waals surface area contributed by atoms with E-state index in [4.69, 9.17) is 0 Å². The molecule has 0 fully saturated rings. The van der Waals surface area contributed by atoms with Crippen LogP contribution in [0.25, 0.3) is 0 Å². The second kappa shape index (κ2) is 6.05. The number of carbonyl (C=O) groups is 1. The molecule has 106 valence electrons. The molecule has 0 saturated heterocycles. The van der Waals surface area contributed by atoms with Gasteiger partial charge in [-0.15, -0.1) is 11.3 Å². The van der Waals surface area contributed by atoms with Crippen LogP contribution in [0.4, 0.5) is 0 Å². The van der Waals surface area contributed by atoms with Crippen LogP contribution in [0.1, 0.15) is 39.0 Å². The molecule has 5 heteroatoms. The maximum absolute atomic E-state index is 12.1. The summed E-state index contributed by atoms with van der Waals surface area (Å²) in [7, 11) is 0. The topological polar surface area (TPSA) is 62.0 Å². The Morgan fingerprint density at radius 3 is 2.80 bits per heavy atom. The molecule has 4 nitrogen and oxygen atoms in total. The van der Waals surface area contributed by atoms with Crippen molar-refractivity contribution in [1.29, 1.82) is 0 Å². The first-order chi connectivity index (χ1) is 9.52. The minimum absolute atomic E-state index is 0.115. The van der Waals surface area contributed by atoms with Gasteiger partial charge in [-0.3, -0.25) is 9.59 Å². The summed E-state index contributed by atoms with van der Waals surface area (Å²) in [5, 5.41) is 4.74. The van der Waals surface area contributed by atoms with Crippen LogP contribution >= 0.6 is 11.3 Å². The third-order valence-electron chi connectivity index (χ3n) is 3.25. The van der Waals surface area contributed by atoms with Gasteiger partial charge in [0.15, 0.2) is 0 Å². The smallest absolute Gasteiger partial charge is 0.261 e. The molecule has 20 heavy (non-hydrogen) atoms. The molecule has 2 N–H and O–H groups in total. The number of H-pyrrole nitrogens is 1. The fourth-order valence-electron chi connectivity index (χ4n) is 2.16. The van der Waals surface area contributed by atoms with Crippen molar-refractivity contribution in [3.63, 3.8) is 0 Å². The highest BCUT2D eigenvalue weighted by atomic mass is 32.1. The predicted octanol–water partition coefficient (Wildman–Crippen LogP) is 2.55. The van der Waals surface area contributed by atoms with Crippen LogP contribution in [0.5, 0.6) is 0 Å². The van der Waals surface area contributed by atoms with Crippen LogP contribution in [0.3, 0.4) is 0 Å². The van der Waals surface area contributed by atoms with Gasteiger partial charge in [-0.05, 0) is 48.9 Å². The van der Waals surface area contributed by atoms with E-state index in [0.717, 1.165) is 28.1 Å². The molecule has 0 aliphatic heterocycles. The average Bonchev–Trinajstić information content (AvgIpc) is 2.85. The van der Waals surface area contributed by atoms with Gasteiger partial charge in [-0.25, -0.2) is 0 Å². The van der Waals surface area contributed by atoms with E-state index in [1.807, 2.05) is 38.3 Å². The molecule has 0 atom stereocenters. The molecule has 1 amide bonds. The van der Waals surface area contributed by atoms with Crippen molar-refractivity contribution >= 4 is 17.2 Å². The van der Waals surface area contributed by atoms with Crippen LogP contribution in [0.2, 0.25) is 0 Å². The lowest BCUT2D eigenvalue weighted by Gasteiger charge is -2.08.